The van der Waals surface area contributed by atoms with Gasteiger partial charge >= 0.3 is 0 Å². The van der Waals surface area contributed by atoms with Crippen molar-refractivity contribution in [3.63, 3.8) is 0 Å². The van der Waals surface area contributed by atoms with Gasteiger partial charge in [0.1, 0.15) is 0 Å². The zero-order valence-corrected chi connectivity index (χ0v) is 12.0. The fourth-order valence-electron chi connectivity index (χ4n) is 1.29. The maximum absolute atomic E-state index is 2.27. The van der Waals surface area contributed by atoms with Gasteiger partial charge in [0.15, 0.2) is 0 Å². The normalized spacial score (nSPS) is 10.8. The number of rotatable bonds is 8. The Morgan fingerprint density at radius 3 is 1.81 bits per heavy atom. The van der Waals surface area contributed by atoms with Gasteiger partial charge in [-0.15, -0.1) is 0 Å². The molecule has 0 bridgehead atoms. The lowest BCUT2D eigenvalue weighted by Gasteiger charge is -1.88. The summed E-state index contributed by atoms with van der Waals surface area (Å²) in [6.07, 6.45) is 19.3. The largest absolute Gasteiger partial charge is 0.0917 e. The zero-order valence-electron chi connectivity index (χ0n) is 12.0. The van der Waals surface area contributed by atoms with Crippen LogP contribution in [0.3, 0.4) is 0 Å². The third-order valence-corrected chi connectivity index (χ3v) is 2.34. The highest BCUT2D eigenvalue weighted by Gasteiger charge is 1.78. The van der Waals surface area contributed by atoms with Crippen LogP contribution in [0.25, 0.3) is 0 Å². The van der Waals surface area contributed by atoms with Crippen LogP contribution in [0, 0.1) is 0 Å². The van der Waals surface area contributed by atoms with Crippen LogP contribution in [0.2, 0.25) is 0 Å². The van der Waals surface area contributed by atoms with E-state index in [0.29, 0.717) is 0 Å². The van der Waals surface area contributed by atoms with Crippen molar-refractivity contribution in [1.29, 1.82) is 0 Å². The van der Waals surface area contributed by atoms with Crippen LogP contribution in [0.5, 0.6) is 0 Å². The molecule has 0 aliphatic carbocycles. The van der Waals surface area contributed by atoms with E-state index >= 15 is 0 Å². The van der Waals surface area contributed by atoms with E-state index < -0.39 is 0 Å². The Labute approximate surface area is 104 Å². The molecule has 0 unspecified atom stereocenters. The molecular formula is C16H32. The molecule has 16 heavy (non-hydrogen) atoms. The molecule has 0 spiro atoms. The second-order valence-corrected chi connectivity index (χ2v) is 4.09. The topological polar surface area (TPSA) is 0 Å². The molecule has 96 valence electrons. The maximum Gasteiger partial charge on any atom is -0.0351 e. The van der Waals surface area contributed by atoms with E-state index in [0.717, 1.165) is 0 Å². The first-order valence-corrected chi connectivity index (χ1v) is 7.09. The quantitative estimate of drug-likeness (QED) is 0.336. The van der Waals surface area contributed by atoms with Gasteiger partial charge in [0.2, 0.25) is 0 Å². The first-order valence-electron chi connectivity index (χ1n) is 7.09. The molecule has 0 heterocycles. The summed E-state index contributed by atoms with van der Waals surface area (Å²) in [6, 6.07) is 0. The van der Waals surface area contributed by atoms with Gasteiger partial charge in [0, 0.05) is 0 Å². The van der Waals surface area contributed by atoms with Crippen molar-refractivity contribution >= 4 is 0 Å². The molecule has 0 atom stereocenters. The van der Waals surface area contributed by atoms with Crippen LogP contribution >= 0.6 is 0 Å². The summed E-state index contributed by atoms with van der Waals surface area (Å²) in [5.74, 6) is 0. The third-order valence-electron chi connectivity index (χ3n) is 2.34. The lowest BCUT2D eigenvalue weighted by molar-refractivity contribution is 0.729. The summed E-state index contributed by atoms with van der Waals surface area (Å²) < 4.78 is 0. The molecule has 0 rings (SSSR count). The molecular weight excluding hydrogens is 192 g/mol. The predicted molar refractivity (Wildman–Crippen MR) is 77.9 cm³/mol. The average molecular weight is 224 g/mol. The van der Waals surface area contributed by atoms with E-state index in [-0.39, 0.29) is 0 Å². The Hall–Kier alpha value is -0.520. The zero-order chi connectivity index (χ0) is 12.5. The first kappa shape index (κ1) is 17.9. The van der Waals surface area contributed by atoms with Gasteiger partial charge in [-0.2, -0.15) is 0 Å². The van der Waals surface area contributed by atoms with Gasteiger partial charge in [-0.05, 0) is 32.6 Å². The summed E-state index contributed by atoms with van der Waals surface area (Å²) in [5, 5.41) is 0. The van der Waals surface area contributed by atoms with Gasteiger partial charge in [-0.25, -0.2) is 0 Å². The molecule has 0 amide bonds. The van der Waals surface area contributed by atoms with Crippen molar-refractivity contribution in [3.05, 3.63) is 24.3 Å². The molecule has 0 saturated carbocycles. The monoisotopic (exact) mass is 224 g/mol. The van der Waals surface area contributed by atoms with Crippen LogP contribution < -0.4 is 0 Å². The molecule has 0 aromatic heterocycles. The summed E-state index contributed by atoms with van der Waals surface area (Å²) in [7, 11) is 0. The number of allylic oxidation sites excluding steroid dienone is 4. The highest BCUT2D eigenvalue weighted by molar-refractivity contribution is 4.79. The van der Waals surface area contributed by atoms with E-state index in [4.69, 9.17) is 0 Å². The fourth-order valence-corrected chi connectivity index (χ4v) is 1.29. The summed E-state index contributed by atoms with van der Waals surface area (Å²) >= 11 is 0. The minimum atomic E-state index is 1.18. The van der Waals surface area contributed by atoms with Crippen LogP contribution in [0.4, 0.5) is 0 Å². The molecule has 0 saturated heterocycles. The lowest BCUT2D eigenvalue weighted by Crippen LogP contribution is -1.68. The molecule has 0 aliphatic rings. The van der Waals surface area contributed by atoms with E-state index in [1.807, 2.05) is 0 Å². The minimum Gasteiger partial charge on any atom is -0.0917 e. The molecule has 0 fully saturated rings. The summed E-state index contributed by atoms with van der Waals surface area (Å²) in [4.78, 5) is 0. The third kappa shape index (κ3) is 23.4. The average Bonchev–Trinajstić information content (AvgIpc) is 2.31. The number of hydrogen-bond donors (Lipinski definition) is 0. The SMILES string of the molecule is C/C=C/CCCCC.CC/C=C/CCCC. The molecule has 0 aromatic carbocycles. The minimum absolute atomic E-state index is 1.18. The van der Waals surface area contributed by atoms with Gasteiger partial charge in [0.05, 0.1) is 0 Å². The van der Waals surface area contributed by atoms with Crippen molar-refractivity contribution < 1.29 is 0 Å². The second kappa shape index (κ2) is 20.0. The predicted octanol–water partition coefficient (Wildman–Crippen LogP) is 6.29. The van der Waals surface area contributed by atoms with Crippen molar-refractivity contribution in [2.24, 2.45) is 0 Å². The molecule has 0 N–H and O–H groups in total. The Kier molecular flexibility index (Phi) is 22.3. The van der Waals surface area contributed by atoms with Gasteiger partial charge in [-0.1, -0.05) is 70.8 Å². The molecule has 0 nitrogen and oxygen atoms in total. The van der Waals surface area contributed by atoms with Crippen molar-refractivity contribution in [2.45, 2.75) is 79.1 Å². The van der Waals surface area contributed by atoms with Crippen molar-refractivity contribution in [1.82, 2.24) is 0 Å². The van der Waals surface area contributed by atoms with Crippen LogP contribution in [0.15, 0.2) is 24.3 Å². The van der Waals surface area contributed by atoms with Crippen molar-refractivity contribution in [3.8, 4) is 0 Å². The van der Waals surface area contributed by atoms with Crippen LogP contribution in [-0.2, 0) is 0 Å². The highest BCUT2D eigenvalue weighted by Crippen LogP contribution is 1.98. The second-order valence-electron chi connectivity index (χ2n) is 4.09. The highest BCUT2D eigenvalue weighted by atomic mass is 13.8. The summed E-state index contributed by atoms with van der Waals surface area (Å²) in [5.41, 5.74) is 0. The lowest BCUT2D eigenvalue weighted by atomic mass is 10.2. The molecule has 0 aliphatic heterocycles. The molecule has 0 aromatic rings. The Balaban J connectivity index is 0. The Morgan fingerprint density at radius 2 is 1.31 bits per heavy atom. The number of unbranched alkanes of at least 4 members (excludes halogenated alkanes) is 5. The standard InChI is InChI=1S/2C8H16/c2*1-3-5-7-8-6-4-2/h5,7H,3-4,6,8H2,1-2H3;3,5H,4,6-8H2,1-2H3/b7-5+;5-3+. The van der Waals surface area contributed by atoms with E-state index in [9.17, 15) is 0 Å². The van der Waals surface area contributed by atoms with Crippen LogP contribution in [0.1, 0.15) is 79.1 Å². The molecule has 0 radical (unpaired) electrons. The van der Waals surface area contributed by atoms with Crippen LogP contribution in [-0.4, -0.2) is 0 Å². The van der Waals surface area contributed by atoms with Gasteiger partial charge < -0.3 is 0 Å². The van der Waals surface area contributed by atoms with Gasteiger partial charge in [0.25, 0.3) is 0 Å². The Bertz CT molecular complexity index is 142. The smallest absolute Gasteiger partial charge is 0.0351 e. The van der Waals surface area contributed by atoms with Crippen molar-refractivity contribution in [2.75, 3.05) is 0 Å². The fraction of sp³-hybridized carbons (Fsp3) is 0.750. The van der Waals surface area contributed by atoms with E-state index in [1.54, 1.807) is 0 Å². The number of hydrogen-bond acceptors (Lipinski definition) is 0. The molecule has 0 heteroatoms. The summed E-state index contributed by atoms with van der Waals surface area (Å²) in [6.45, 7) is 8.70. The van der Waals surface area contributed by atoms with Gasteiger partial charge in [-0.3, -0.25) is 0 Å². The first-order chi connectivity index (χ1) is 7.83. The maximum atomic E-state index is 2.27. The Morgan fingerprint density at radius 1 is 0.688 bits per heavy atom. The van der Waals surface area contributed by atoms with E-state index in [2.05, 4.69) is 52.0 Å². The van der Waals surface area contributed by atoms with E-state index in [1.165, 1.54) is 51.4 Å².